The number of halogens is 1. The molecule has 0 aliphatic rings. The minimum atomic E-state index is -1.04. The van der Waals surface area contributed by atoms with Gasteiger partial charge in [0.15, 0.2) is 0 Å². The molecule has 3 N–H and O–H groups in total. The first kappa shape index (κ1) is 16.5. The third-order valence-corrected chi connectivity index (χ3v) is 2.77. The highest BCUT2D eigenvalue weighted by Crippen LogP contribution is 2.18. The lowest BCUT2D eigenvalue weighted by Gasteiger charge is -2.23. The first-order valence-corrected chi connectivity index (χ1v) is 6.71. The molecule has 0 saturated heterocycles. The Kier molecular flexibility index (Phi) is 5.52. The Bertz CT molecular complexity index is 482. The Morgan fingerprint density at radius 3 is 2.25 bits per heavy atom. The van der Waals surface area contributed by atoms with E-state index in [0.717, 1.165) is 4.47 Å². The Labute approximate surface area is 125 Å². The van der Waals surface area contributed by atoms with Gasteiger partial charge in [-0.1, -0.05) is 28.1 Å². The molecule has 0 spiro atoms. The predicted molar refractivity (Wildman–Crippen MR) is 76.2 cm³/mol. The van der Waals surface area contributed by atoms with Crippen molar-refractivity contribution < 1.29 is 19.5 Å². The normalized spacial score (nSPS) is 12.4. The topological polar surface area (TPSA) is 87.7 Å². The van der Waals surface area contributed by atoms with E-state index >= 15 is 0 Å². The Morgan fingerprint density at radius 1 is 1.25 bits per heavy atom. The Balaban J connectivity index is 2.88. The van der Waals surface area contributed by atoms with Crippen molar-refractivity contribution in [3.05, 3.63) is 34.3 Å². The van der Waals surface area contributed by atoms with Crippen molar-refractivity contribution in [3.8, 4) is 0 Å². The second kappa shape index (κ2) is 6.71. The first-order chi connectivity index (χ1) is 9.23. The Hall–Kier alpha value is -1.60. The van der Waals surface area contributed by atoms with E-state index in [1.165, 1.54) is 5.48 Å². The van der Waals surface area contributed by atoms with Crippen LogP contribution in [0.2, 0.25) is 0 Å². The number of rotatable bonds is 3. The van der Waals surface area contributed by atoms with Crippen LogP contribution in [0.3, 0.4) is 0 Å². The predicted octanol–water partition coefficient (Wildman–Crippen LogP) is 2.52. The van der Waals surface area contributed by atoms with E-state index < -0.39 is 23.6 Å². The molecule has 110 valence electrons. The number of carbonyl (C=O) groups excluding carboxylic acids is 2. The average Bonchev–Trinajstić information content (AvgIpc) is 2.34. The fraction of sp³-hybridized carbons (Fsp3) is 0.385. The summed E-state index contributed by atoms with van der Waals surface area (Å²) >= 11 is 3.28. The number of ether oxygens (including phenoxy) is 1. The van der Waals surface area contributed by atoms with E-state index in [1.807, 2.05) is 0 Å². The molecule has 0 heterocycles. The molecule has 0 saturated carbocycles. The van der Waals surface area contributed by atoms with Crippen LogP contribution < -0.4 is 10.8 Å². The highest BCUT2D eigenvalue weighted by Gasteiger charge is 2.25. The molecule has 1 unspecified atom stereocenters. The van der Waals surface area contributed by atoms with Crippen molar-refractivity contribution in [2.24, 2.45) is 0 Å². The van der Waals surface area contributed by atoms with Gasteiger partial charge in [0.25, 0.3) is 5.91 Å². The average molecular weight is 345 g/mol. The number of nitrogens with one attached hydrogen (secondary N) is 2. The van der Waals surface area contributed by atoms with Crippen LogP contribution >= 0.6 is 15.9 Å². The zero-order chi connectivity index (χ0) is 15.3. The monoisotopic (exact) mass is 344 g/mol. The summed E-state index contributed by atoms with van der Waals surface area (Å²) in [6.45, 7) is 5.15. The number of hydrogen-bond acceptors (Lipinski definition) is 4. The van der Waals surface area contributed by atoms with Crippen LogP contribution in [-0.4, -0.2) is 22.8 Å². The first-order valence-electron chi connectivity index (χ1n) is 5.92. The second-order valence-electron chi connectivity index (χ2n) is 5.11. The van der Waals surface area contributed by atoms with E-state index in [-0.39, 0.29) is 0 Å². The van der Waals surface area contributed by atoms with Crippen LogP contribution in [0, 0.1) is 0 Å². The van der Waals surface area contributed by atoms with E-state index in [9.17, 15) is 9.59 Å². The van der Waals surface area contributed by atoms with Crippen molar-refractivity contribution in [1.29, 1.82) is 0 Å². The molecule has 0 aromatic heterocycles. The highest BCUT2D eigenvalue weighted by molar-refractivity contribution is 9.10. The lowest BCUT2D eigenvalue weighted by Crippen LogP contribution is -2.41. The maximum absolute atomic E-state index is 11.7. The molecule has 1 rings (SSSR count). The van der Waals surface area contributed by atoms with Gasteiger partial charge in [0.05, 0.1) is 0 Å². The molecule has 1 aromatic carbocycles. The summed E-state index contributed by atoms with van der Waals surface area (Å²) in [4.78, 5) is 23.4. The molecule has 0 fully saturated rings. The van der Waals surface area contributed by atoms with Crippen LogP contribution in [0.4, 0.5) is 4.79 Å². The number of alkyl carbamates (subject to hydrolysis) is 1. The smallest absolute Gasteiger partial charge is 0.408 e. The second-order valence-corrected chi connectivity index (χ2v) is 6.02. The molecule has 20 heavy (non-hydrogen) atoms. The fourth-order valence-corrected chi connectivity index (χ4v) is 1.71. The van der Waals surface area contributed by atoms with Crippen LogP contribution in [0.25, 0.3) is 0 Å². The third kappa shape index (κ3) is 5.18. The number of hydroxylamine groups is 1. The van der Waals surface area contributed by atoms with Crippen LogP contribution in [0.5, 0.6) is 0 Å². The molecule has 0 aliphatic carbocycles. The van der Waals surface area contributed by atoms with E-state index in [2.05, 4.69) is 21.2 Å². The molecular formula is C13H17BrN2O4. The number of hydrogen-bond donors (Lipinski definition) is 3. The minimum absolute atomic E-state index is 0.519. The lowest BCUT2D eigenvalue weighted by atomic mass is 10.1. The fourth-order valence-electron chi connectivity index (χ4n) is 1.45. The van der Waals surface area contributed by atoms with Crippen molar-refractivity contribution in [2.75, 3.05) is 0 Å². The maximum Gasteiger partial charge on any atom is 0.408 e. The van der Waals surface area contributed by atoms with Gasteiger partial charge >= 0.3 is 6.09 Å². The van der Waals surface area contributed by atoms with Crippen LogP contribution in [0.1, 0.15) is 32.4 Å². The molecule has 0 aliphatic heterocycles. The summed E-state index contributed by atoms with van der Waals surface area (Å²) in [5.74, 6) is -0.752. The van der Waals surface area contributed by atoms with Gasteiger partial charge in [-0.25, -0.2) is 10.3 Å². The maximum atomic E-state index is 11.7. The minimum Gasteiger partial charge on any atom is -0.444 e. The zero-order valence-corrected chi connectivity index (χ0v) is 13.0. The Morgan fingerprint density at radius 2 is 1.80 bits per heavy atom. The number of carbonyl (C=O) groups is 2. The van der Waals surface area contributed by atoms with E-state index in [4.69, 9.17) is 9.94 Å². The molecule has 0 bridgehead atoms. The summed E-state index contributed by atoms with van der Waals surface area (Å²) < 4.78 is 5.92. The standard InChI is InChI=1S/C13H17BrN2O4/c1-13(2,3)20-12(18)15-10(11(17)16-19)8-4-6-9(14)7-5-8/h4-7,10,19H,1-3H3,(H,15,18)(H,16,17). The van der Waals surface area contributed by atoms with Gasteiger partial charge in [-0.15, -0.1) is 0 Å². The summed E-state index contributed by atoms with van der Waals surface area (Å²) in [5.41, 5.74) is 1.37. The molecule has 1 aromatic rings. The van der Waals surface area contributed by atoms with Gasteiger partial charge in [0.1, 0.15) is 11.6 Å². The molecule has 7 heteroatoms. The van der Waals surface area contributed by atoms with Gasteiger partial charge in [-0.3, -0.25) is 10.0 Å². The number of benzene rings is 1. The van der Waals surface area contributed by atoms with Crippen molar-refractivity contribution in [1.82, 2.24) is 10.8 Å². The third-order valence-electron chi connectivity index (χ3n) is 2.24. The molecule has 2 amide bonds. The summed E-state index contributed by atoms with van der Waals surface area (Å²) in [5, 5.41) is 11.2. The molecule has 0 radical (unpaired) electrons. The molecule has 6 nitrogen and oxygen atoms in total. The largest absolute Gasteiger partial charge is 0.444 e. The van der Waals surface area contributed by atoms with Gasteiger partial charge in [0.2, 0.25) is 0 Å². The summed E-state index contributed by atoms with van der Waals surface area (Å²) in [6.07, 6.45) is -0.742. The van der Waals surface area contributed by atoms with Gasteiger partial charge in [-0.05, 0) is 38.5 Å². The SMILES string of the molecule is CC(C)(C)OC(=O)NC(C(=O)NO)c1ccc(Br)cc1. The van der Waals surface area contributed by atoms with Crippen LogP contribution in [0.15, 0.2) is 28.7 Å². The van der Waals surface area contributed by atoms with Gasteiger partial charge < -0.3 is 10.1 Å². The highest BCUT2D eigenvalue weighted by atomic mass is 79.9. The van der Waals surface area contributed by atoms with Crippen molar-refractivity contribution in [3.63, 3.8) is 0 Å². The summed E-state index contributed by atoms with van der Waals surface area (Å²) in [7, 11) is 0. The number of amides is 2. The van der Waals surface area contributed by atoms with Gasteiger partial charge in [0, 0.05) is 4.47 Å². The van der Waals surface area contributed by atoms with Crippen molar-refractivity contribution >= 4 is 27.9 Å². The van der Waals surface area contributed by atoms with Gasteiger partial charge in [-0.2, -0.15) is 0 Å². The molecule has 1 atom stereocenters. The van der Waals surface area contributed by atoms with Crippen molar-refractivity contribution in [2.45, 2.75) is 32.4 Å². The van der Waals surface area contributed by atoms with Crippen LogP contribution in [-0.2, 0) is 9.53 Å². The zero-order valence-electron chi connectivity index (χ0n) is 11.4. The lowest BCUT2D eigenvalue weighted by molar-refractivity contribution is -0.131. The molecular weight excluding hydrogens is 328 g/mol. The quantitative estimate of drug-likeness (QED) is 0.580. The van der Waals surface area contributed by atoms with E-state index in [1.54, 1.807) is 45.0 Å². The van der Waals surface area contributed by atoms with E-state index in [0.29, 0.717) is 5.56 Å². The summed E-state index contributed by atoms with van der Waals surface area (Å²) in [6, 6.07) is 5.72.